The van der Waals surface area contributed by atoms with Crippen LogP contribution in [0.4, 0.5) is 0 Å². The maximum absolute atomic E-state index is 12.8. The number of rotatable bonds is 3. The smallest absolute Gasteiger partial charge is 0.352 e. The lowest BCUT2D eigenvalue weighted by molar-refractivity contribution is -0.192. The van der Waals surface area contributed by atoms with E-state index in [1.54, 1.807) is 6.92 Å². The molecule has 0 aromatic heterocycles. The van der Waals surface area contributed by atoms with E-state index in [2.05, 4.69) is 5.92 Å². The second-order valence-corrected chi connectivity index (χ2v) is 7.47. The summed E-state index contributed by atoms with van der Waals surface area (Å²) in [6.07, 6.45) is 6.65. The molecule has 1 aliphatic carbocycles. The molecule has 2 bridgehead atoms. The Bertz CT molecular complexity index is 541. The molecule has 1 saturated heterocycles. The third kappa shape index (κ3) is 1.70. The normalized spacial score (nSPS) is 36.0. The van der Waals surface area contributed by atoms with Gasteiger partial charge in [-0.2, -0.15) is 0 Å². The van der Waals surface area contributed by atoms with Crippen molar-refractivity contribution in [2.24, 2.45) is 16.7 Å². The Morgan fingerprint density at radius 1 is 1.38 bits per heavy atom. The molecule has 0 aromatic carbocycles. The fourth-order valence-corrected chi connectivity index (χ4v) is 3.29. The quantitative estimate of drug-likeness (QED) is 0.593. The minimum absolute atomic E-state index is 0.0316. The van der Waals surface area contributed by atoms with Gasteiger partial charge in [0.15, 0.2) is 5.60 Å². The molecule has 0 aromatic rings. The van der Waals surface area contributed by atoms with Crippen LogP contribution >= 0.6 is 0 Å². The predicted molar refractivity (Wildman–Crippen MR) is 78.1 cm³/mol. The van der Waals surface area contributed by atoms with Crippen molar-refractivity contribution in [1.29, 1.82) is 0 Å². The minimum Gasteiger partial charge on any atom is -0.446 e. The van der Waals surface area contributed by atoms with Gasteiger partial charge in [-0.1, -0.05) is 33.6 Å². The third-order valence-electron chi connectivity index (χ3n) is 6.11. The van der Waals surface area contributed by atoms with Gasteiger partial charge in [0.25, 0.3) is 0 Å². The number of hydrogen-bond acceptors (Lipinski definition) is 4. The van der Waals surface area contributed by atoms with Crippen molar-refractivity contribution in [2.75, 3.05) is 0 Å². The summed E-state index contributed by atoms with van der Waals surface area (Å²) in [5, 5.41) is 0. The molecule has 116 valence electrons. The molecule has 0 spiro atoms. The van der Waals surface area contributed by atoms with Crippen LogP contribution in [0.1, 0.15) is 54.4 Å². The number of carbonyl (C=O) groups is 2. The van der Waals surface area contributed by atoms with Crippen LogP contribution in [0.5, 0.6) is 0 Å². The first-order valence-corrected chi connectivity index (χ1v) is 7.41. The monoisotopic (exact) mass is 292 g/mol. The molecule has 4 nitrogen and oxygen atoms in total. The summed E-state index contributed by atoms with van der Waals surface area (Å²) in [7, 11) is 0. The largest absolute Gasteiger partial charge is 0.446 e. The van der Waals surface area contributed by atoms with Crippen molar-refractivity contribution in [3.8, 4) is 12.3 Å². The Balaban J connectivity index is 2.37. The van der Waals surface area contributed by atoms with Crippen LogP contribution in [-0.2, 0) is 19.1 Å². The molecule has 2 fully saturated rings. The summed E-state index contributed by atoms with van der Waals surface area (Å²) in [4.78, 5) is 25.0. The lowest BCUT2D eigenvalue weighted by Crippen LogP contribution is -2.52. The highest BCUT2D eigenvalue weighted by Crippen LogP contribution is 2.66. The van der Waals surface area contributed by atoms with Crippen LogP contribution in [0.3, 0.4) is 0 Å². The fourth-order valence-electron chi connectivity index (χ4n) is 3.29. The van der Waals surface area contributed by atoms with Crippen molar-refractivity contribution >= 4 is 11.9 Å². The lowest BCUT2D eigenvalue weighted by atomic mass is 9.66. The molecule has 0 N–H and O–H groups in total. The van der Waals surface area contributed by atoms with Gasteiger partial charge in [-0.3, -0.25) is 4.79 Å². The lowest BCUT2D eigenvalue weighted by Gasteiger charge is -2.38. The molecule has 2 aliphatic rings. The zero-order valence-electron chi connectivity index (χ0n) is 13.7. The third-order valence-corrected chi connectivity index (χ3v) is 6.11. The van der Waals surface area contributed by atoms with E-state index in [0.717, 1.165) is 0 Å². The second kappa shape index (κ2) is 4.25. The summed E-state index contributed by atoms with van der Waals surface area (Å²) in [5.74, 6) is 1.69. The van der Waals surface area contributed by atoms with Crippen molar-refractivity contribution in [3.63, 3.8) is 0 Å². The molecule has 3 atom stereocenters. The summed E-state index contributed by atoms with van der Waals surface area (Å²) in [6, 6.07) is 0. The number of carbonyl (C=O) groups excluding carboxylic acids is 2. The molecular formula is C17H24O4. The van der Waals surface area contributed by atoms with E-state index in [9.17, 15) is 9.59 Å². The Morgan fingerprint density at radius 2 is 1.95 bits per heavy atom. The van der Waals surface area contributed by atoms with Crippen LogP contribution in [0.2, 0.25) is 0 Å². The van der Waals surface area contributed by atoms with Gasteiger partial charge in [0.1, 0.15) is 0 Å². The highest BCUT2D eigenvalue weighted by Gasteiger charge is 2.76. The van der Waals surface area contributed by atoms with E-state index in [0.29, 0.717) is 12.8 Å². The Morgan fingerprint density at radius 3 is 2.29 bits per heavy atom. The van der Waals surface area contributed by atoms with Crippen LogP contribution < -0.4 is 0 Å². The van der Waals surface area contributed by atoms with Gasteiger partial charge in [-0.25, -0.2) is 4.79 Å². The topological polar surface area (TPSA) is 52.6 Å². The maximum atomic E-state index is 12.8. The standard InChI is InChI=1S/C17H24O4/c1-8-16(7,11(2)3)20-13(19)17-10-9-15(6,12(18)21-17)14(17,4)5/h1,11H,9-10H2,2-7H3. The van der Waals surface area contributed by atoms with E-state index in [1.165, 1.54) is 0 Å². The first kappa shape index (κ1) is 15.9. The highest BCUT2D eigenvalue weighted by molar-refractivity contribution is 5.93. The second-order valence-electron chi connectivity index (χ2n) is 7.47. The first-order valence-electron chi connectivity index (χ1n) is 7.41. The van der Waals surface area contributed by atoms with Crippen molar-refractivity contribution in [2.45, 2.75) is 65.6 Å². The van der Waals surface area contributed by atoms with Crippen LogP contribution in [0, 0.1) is 29.1 Å². The Hall–Kier alpha value is -1.50. The Kier molecular flexibility index (Phi) is 3.22. The highest BCUT2D eigenvalue weighted by atomic mass is 16.6. The number of hydrogen-bond donors (Lipinski definition) is 0. The predicted octanol–water partition coefficient (Wildman–Crippen LogP) is 2.70. The number of terminal acetylenes is 1. The van der Waals surface area contributed by atoms with Crippen LogP contribution in [-0.4, -0.2) is 23.1 Å². The summed E-state index contributed by atoms with van der Waals surface area (Å²) >= 11 is 0. The average molecular weight is 292 g/mol. The van der Waals surface area contributed by atoms with E-state index in [1.807, 2.05) is 34.6 Å². The first-order chi connectivity index (χ1) is 9.47. The molecule has 2 rings (SSSR count). The molecule has 0 radical (unpaired) electrons. The van der Waals surface area contributed by atoms with E-state index >= 15 is 0 Å². The van der Waals surface area contributed by atoms with Crippen molar-refractivity contribution in [1.82, 2.24) is 0 Å². The summed E-state index contributed by atoms with van der Waals surface area (Å²) < 4.78 is 11.1. The van der Waals surface area contributed by atoms with Crippen molar-refractivity contribution < 1.29 is 19.1 Å². The fraction of sp³-hybridized carbons (Fsp3) is 0.765. The Labute approximate surface area is 126 Å². The van der Waals surface area contributed by atoms with Gasteiger partial charge in [0, 0.05) is 11.3 Å². The minimum atomic E-state index is -1.22. The number of esters is 2. The van der Waals surface area contributed by atoms with Gasteiger partial charge in [0.05, 0.1) is 5.41 Å². The SMILES string of the molecule is C#CC(C)(OC(=O)C12CCC(C)(C(=O)O1)C2(C)C)C(C)C. The van der Waals surface area contributed by atoms with Crippen LogP contribution in [0.15, 0.2) is 0 Å². The zero-order chi connectivity index (χ0) is 16.3. The molecule has 1 heterocycles. The molecule has 1 aliphatic heterocycles. The van der Waals surface area contributed by atoms with Crippen LogP contribution in [0.25, 0.3) is 0 Å². The van der Waals surface area contributed by atoms with E-state index in [-0.39, 0.29) is 11.9 Å². The summed E-state index contributed by atoms with van der Waals surface area (Å²) in [5.41, 5.74) is -3.47. The van der Waals surface area contributed by atoms with Crippen molar-refractivity contribution in [3.05, 3.63) is 0 Å². The maximum Gasteiger partial charge on any atom is 0.352 e. The van der Waals surface area contributed by atoms with Gasteiger partial charge in [-0.15, -0.1) is 6.42 Å². The zero-order valence-corrected chi connectivity index (χ0v) is 13.7. The average Bonchev–Trinajstić information content (AvgIpc) is 2.68. The number of ether oxygens (including phenoxy) is 2. The molecular weight excluding hydrogens is 268 g/mol. The molecule has 0 amide bonds. The number of fused-ring (bicyclic) bond motifs is 2. The molecule has 3 unspecified atom stereocenters. The molecule has 4 heteroatoms. The van der Waals surface area contributed by atoms with E-state index in [4.69, 9.17) is 15.9 Å². The van der Waals surface area contributed by atoms with E-state index < -0.39 is 28.0 Å². The van der Waals surface area contributed by atoms with Gasteiger partial charge in [0.2, 0.25) is 5.60 Å². The van der Waals surface area contributed by atoms with Gasteiger partial charge < -0.3 is 9.47 Å². The molecule has 21 heavy (non-hydrogen) atoms. The van der Waals surface area contributed by atoms with Gasteiger partial charge in [-0.05, 0) is 26.7 Å². The van der Waals surface area contributed by atoms with Gasteiger partial charge >= 0.3 is 11.9 Å². The molecule has 1 saturated carbocycles. The summed E-state index contributed by atoms with van der Waals surface area (Å²) in [6.45, 7) is 11.2.